The van der Waals surface area contributed by atoms with E-state index in [1.807, 2.05) is 30.3 Å². The summed E-state index contributed by atoms with van der Waals surface area (Å²) in [6.45, 7) is 0.776. The molecule has 0 aromatic heterocycles. The Balaban J connectivity index is 2.01. The summed E-state index contributed by atoms with van der Waals surface area (Å²) in [4.78, 5) is 0. The van der Waals surface area contributed by atoms with Gasteiger partial charge in [0.15, 0.2) is 0 Å². The molecule has 0 saturated carbocycles. The van der Waals surface area contributed by atoms with Crippen molar-refractivity contribution in [3.05, 3.63) is 58.1 Å². The molecule has 0 amide bonds. The largest absolute Gasteiger partial charge is 0.506 e. The van der Waals surface area contributed by atoms with E-state index in [2.05, 4.69) is 33.4 Å². The Labute approximate surface area is 127 Å². The van der Waals surface area contributed by atoms with Crippen LogP contribution in [0.25, 0.3) is 0 Å². The molecule has 0 atom stereocenters. The zero-order valence-corrected chi connectivity index (χ0v) is 12.7. The lowest BCUT2D eigenvalue weighted by molar-refractivity contribution is 0.288. The van der Waals surface area contributed by atoms with Gasteiger partial charge in [0.2, 0.25) is 0 Å². The molecule has 0 aliphatic carbocycles. The van der Waals surface area contributed by atoms with Crippen LogP contribution in [0.15, 0.2) is 46.9 Å². The van der Waals surface area contributed by atoms with Crippen LogP contribution in [0.5, 0.6) is 5.75 Å². The summed E-state index contributed by atoms with van der Waals surface area (Å²) in [5.41, 5.74) is 3.06. The Bertz CT molecular complexity index is 572. The van der Waals surface area contributed by atoms with E-state index in [1.54, 1.807) is 0 Å². The van der Waals surface area contributed by atoms with E-state index in [1.165, 1.54) is 5.56 Å². The highest BCUT2D eigenvalue weighted by molar-refractivity contribution is 9.10. The van der Waals surface area contributed by atoms with Crippen LogP contribution in [0.1, 0.15) is 17.5 Å². The van der Waals surface area contributed by atoms with Crippen molar-refractivity contribution in [3.63, 3.8) is 0 Å². The molecule has 0 bridgehead atoms. The van der Waals surface area contributed by atoms with Crippen molar-refractivity contribution in [2.24, 2.45) is 0 Å². The molecule has 2 aromatic carbocycles. The quantitative estimate of drug-likeness (QED) is 0.754. The maximum absolute atomic E-state index is 9.93. The molecule has 3 N–H and O–H groups in total. The van der Waals surface area contributed by atoms with Gasteiger partial charge >= 0.3 is 0 Å². The average Bonchev–Trinajstić information content (AvgIpc) is 2.47. The zero-order chi connectivity index (χ0) is 14.4. The molecule has 0 aliphatic rings. The Kier molecular flexibility index (Phi) is 5.44. The number of anilines is 1. The van der Waals surface area contributed by atoms with E-state index in [0.29, 0.717) is 11.0 Å². The Hall–Kier alpha value is -1.52. The van der Waals surface area contributed by atoms with Gasteiger partial charge < -0.3 is 15.5 Å². The van der Waals surface area contributed by atoms with E-state index in [-0.39, 0.29) is 12.4 Å². The summed E-state index contributed by atoms with van der Waals surface area (Å²) in [7, 11) is 0. The van der Waals surface area contributed by atoms with Gasteiger partial charge in [-0.25, -0.2) is 0 Å². The van der Waals surface area contributed by atoms with Crippen LogP contribution in [-0.4, -0.2) is 16.8 Å². The number of aliphatic hydroxyl groups excluding tert-OH is 1. The maximum atomic E-state index is 9.93. The van der Waals surface area contributed by atoms with Crippen molar-refractivity contribution >= 4 is 21.6 Å². The van der Waals surface area contributed by atoms with Crippen LogP contribution < -0.4 is 5.32 Å². The lowest BCUT2D eigenvalue weighted by Gasteiger charge is -2.10. The minimum absolute atomic E-state index is 0.212. The highest BCUT2D eigenvalue weighted by Crippen LogP contribution is 2.28. The number of phenols is 1. The topological polar surface area (TPSA) is 52.5 Å². The van der Waals surface area contributed by atoms with E-state index in [9.17, 15) is 5.11 Å². The van der Waals surface area contributed by atoms with E-state index < -0.39 is 0 Å². The first-order valence-electron chi connectivity index (χ1n) is 6.60. The summed E-state index contributed by atoms with van der Waals surface area (Å²) >= 11 is 3.31. The second-order valence-electron chi connectivity index (χ2n) is 4.63. The Morgan fingerprint density at radius 3 is 2.70 bits per heavy atom. The molecule has 3 nitrogen and oxygen atoms in total. The first-order chi connectivity index (χ1) is 9.70. The monoisotopic (exact) mass is 335 g/mol. The van der Waals surface area contributed by atoms with Crippen molar-refractivity contribution in [1.29, 1.82) is 0 Å². The van der Waals surface area contributed by atoms with Crippen molar-refractivity contribution < 1.29 is 10.2 Å². The van der Waals surface area contributed by atoms with Gasteiger partial charge in [0, 0.05) is 24.4 Å². The van der Waals surface area contributed by atoms with Crippen molar-refractivity contribution in [1.82, 2.24) is 0 Å². The molecular weight excluding hydrogens is 318 g/mol. The minimum Gasteiger partial charge on any atom is -0.506 e. The molecule has 4 heteroatoms. The van der Waals surface area contributed by atoms with Crippen molar-refractivity contribution in [3.8, 4) is 5.75 Å². The fourth-order valence-electron chi connectivity index (χ4n) is 2.02. The van der Waals surface area contributed by atoms with Gasteiger partial charge in [0.05, 0.1) is 4.47 Å². The molecule has 2 aromatic rings. The maximum Gasteiger partial charge on any atom is 0.134 e. The fraction of sp³-hybridized carbons (Fsp3) is 0.250. The van der Waals surface area contributed by atoms with Gasteiger partial charge in [-0.15, -0.1) is 0 Å². The number of aliphatic hydroxyl groups is 1. The zero-order valence-electron chi connectivity index (χ0n) is 11.1. The van der Waals surface area contributed by atoms with Crippen LogP contribution in [0.2, 0.25) is 0 Å². The number of aryl methyl sites for hydroxylation is 1. The second kappa shape index (κ2) is 7.31. The lowest BCUT2D eigenvalue weighted by atomic mass is 10.1. The molecule has 0 saturated heterocycles. The number of para-hydroxylation sites is 1. The summed E-state index contributed by atoms with van der Waals surface area (Å²) in [5, 5.41) is 22.1. The number of nitrogens with one attached hydrogen (secondary N) is 1. The summed E-state index contributed by atoms with van der Waals surface area (Å²) in [5.74, 6) is 0.274. The number of phenolic OH excluding ortho intramolecular Hbond substituents is 1. The first kappa shape index (κ1) is 14.9. The third-order valence-electron chi connectivity index (χ3n) is 3.10. The van der Waals surface area contributed by atoms with E-state index in [0.717, 1.165) is 24.1 Å². The van der Waals surface area contributed by atoms with Crippen molar-refractivity contribution in [2.45, 2.75) is 19.4 Å². The summed E-state index contributed by atoms with van der Waals surface area (Å²) in [6, 6.07) is 13.7. The Morgan fingerprint density at radius 2 is 1.90 bits per heavy atom. The van der Waals surface area contributed by atoms with E-state index in [4.69, 9.17) is 5.11 Å². The van der Waals surface area contributed by atoms with Gasteiger partial charge in [-0.2, -0.15) is 0 Å². The number of hydrogen-bond donors (Lipinski definition) is 3. The van der Waals surface area contributed by atoms with Crippen LogP contribution in [0.3, 0.4) is 0 Å². The molecule has 20 heavy (non-hydrogen) atoms. The third kappa shape index (κ3) is 3.99. The molecule has 0 unspecified atom stereocenters. The van der Waals surface area contributed by atoms with Gasteiger partial charge in [-0.1, -0.05) is 24.3 Å². The van der Waals surface area contributed by atoms with Gasteiger partial charge in [-0.3, -0.25) is 0 Å². The normalized spacial score (nSPS) is 10.5. The number of benzene rings is 2. The average molecular weight is 336 g/mol. The fourth-order valence-corrected chi connectivity index (χ4v) is 2.43. The number of aromatic hydroxyl groups is 1. The Morgan fingerprint density at radius 1 is 1.10 bits per heavy atom. The molecular formula is C16H18BrNO2. The molecule has 0 aliphatic heterocycles. The standard InChI is InChI=1S/C16H18BrNO2/c17-15-8-2-6-13(16(15)20)11-18-14-7-1-4-12(10-14)5-3-9-19/h1-2,4,6-8,10,18-20H,3,5,9,11H2. The predicted octanol–water partition coefficient (Wildman–Crippen LogP) is 3.69. The van der Waals surface area contributed by atoms with Crippen molar-refractivity contribution in [2.75, 3.05) is 11.9 Å². The number of hydrogen-bond acceptors (Lipinski definition) is 3. The SMILES string of the molecule is OCCCc1cccc(NCc2cccc(Br)c2O)c1. The van der Waals surface area contributed by atoms with Crippen LogP contribution in [0, 0.1) is 0 Å². The predicted molar refractivity (Wildman–Crippen MR) is 85.0 cm³/mol. The highest BCUT2D eigenvalue weighted by Gasteiger charge is 2.04. The lowest BCUT2D eigenvalue weighted by Crippen LogP contribution is -2.00. The van der Waals surface area contributed by atoms with Gasteiger partial charge in [-0.05, 0) is 52.5 Å². The molecule has 106 valence electrons. The number of halogens is 1. The molecule has 0 radical (unpaired) electrons. The third-order valence-corrected chi connectivity index (χ3v) is 3.74. The van der Waals surface area contributed by atoms with Gasteiger partial charge in [0.1, 0.15) is 5.75 Å². The molecule has 0 fully saturated rings. The summed E-state index contributed by atoms with van der Waals surface area (Å²) in [6.07, 6.45) is 1.64. The van der Waals surface area contributed by atoms with E-state index >= 15 is 0 Å². The van der Waals surface area contributed by atoms with Crippen LogP contribution in [-0.2, 0) is 13.0 Å². The van der Waals surface area contributed by atoms with Crippen LogP contribution >= 0.6 is 15.9 Å². The molecule has 0 heterocycles. The van der Waals surface area contributed by atoms with Crippen LogP contribution in [0.4, 0.5) is 5.69 Å². The minimum atomic E-state index is 0.212. The summed E-state index contributed by atoms with van der Waals surface area (Å²) < 4.78 is 0.702. The molecule has 2 rings (SSSR count). The number of rotatable bonds is 6. The molecule has 0 spiro atoms. The smallest absolute Gasteiger partial charge is 0.134 e. The first-order valence-corrected chi connectivity index (χ1v) is 7.40. The van der Waals surface area contributed by atoms with Gasteiger partial charge in [0.25, 0.3) is 0 Å². The second-order valence-corrected chi connectivity index (χ2v) is 5.48. The highest BCUT2D eigenvalue weighted by atomic mass is 79.9.